The predicted octanol–water partition coefficient (Wildman–Crippen LogP) is 4.00. The number of hydrogen-bond acceptors (Lipinski definition) is 6. The van der Waals surface area contributed by atoms with Crippen LogP contribution in [-0.2, 0) is 6.54 Å². The molecule has 0 atom stereocenters. The highest BCUT2D eigenvalue weighted by atomic mass is 16.5. The maximum Gasteiger partial charge on any atom is 0.266 e. The topological polar surface area (TPSA) is 97.8 Å². The van der Waals surface area contributed by atoms with Crippen LogP contribution in [-0.4, -0.2) is 35.4 Å². The number of nitrogens with zero attached hydrogens (tertiary/aromatic N) is 2. The standard InChI is InChI=1S/C26H25N3O5/c1-4-33-20-9-7-19(8-10-20)29-25(31)21-11-6-18(13-22(21)26(29)32)24(30)28-15-17-5-12-23(27-14-17)34-16(2)3/h5-14,16H,4,15H2,1-3H3,(H,28,30). The molecule has 1 aliphatic rings. The zero-order valence-electron chi connectivity index (χ0n) is 19.2. The fourth-order valence-electron chi connectivity index (χ4n) is 3.59. The van der Waals surface area contributed by atoms with Crippen molar-refractivity contribution >= 4 is 23.4 Å². The van der Waals surface area contributed by atoms with Gasteiger partial charge in [-0.3, -0.25) is 14.4 Å². The third-order valence-electron chi connectivity index (χ3n) is 5.16. The highest BCUT2D eigenvalue weighted by molar-refractivity contribution is 6.34. The van der Waals surface area contributed by atoms with E-state index in [2.05, 4.69) is 10.3 Å². The van der Waals surface area contributed by atoms with Crippen LogP contribution in [0.4, 0.5) is 5.69 Å². The first kappa shape index (κ1) is 23.0. The zero-order chi connectivity index (χ0) is 24.2. The molecular weight excluding hydrogens is 434 g/mol. The van der Waals surface area contributed by atoms with E-state index < -0.39 is 11.8 Å². The number of carbonyl (C=O) groups excluding carboxylic acids is 3. The van der Waals surface area contributed by atoms with Crippen LogP contribution in [0.5, 0.6) is 11.6 Å². The molecule has 0 bridgehead atoms. The summed E-state index contributed by atoms with van der Waals surface area (Å²) in [6.07, 6.45) is 1.66. The molecule has 8 nitrogen and oxygen atoms in total. The van der Waals surface area contributed by atoms with Gasteiger partial charge in [-0.2, -0.15) is 0 Å². The maximum absolute atomic E-state index is 13.0. The third kappa shape index (κ3) is 4.76. The molecule has 3 aromatic rings. The second-order valence-electron chi connectivity index (χ2n) is 7.99. The lowest BCUT2D eigenvalue weighted by atomic mass is 10.1. The van der Waals surface area contributed by atoms with Gasteiger partial charge >= 0.3 is 0 Å². The number of anilines is 1. The quantitative estimate of drug-likeness (QED) is 0.512. The number of pyridine rings is 1. The first-order valence-corrected chi connectivity index (χ1v) is 11.0. The van der Waals surface area contributed by atoms with E-state index in [1.54, 1.807) is 42.6 Å². The number of hydrogen-bond donors (Lipinski definition) is 1. The largest absolute Gasteiger partial charge is 0.494 e. The molecule has 2 heterocycles. The number of rotatable bonds is 8. The summed E-state index contributed by atoms with van der Waals surface area (Å²) < 4.78 is 10.9. The normalized spacial score (nSPS) is 12.6. The molecule has 34 heavy (non-hydrogen) atoms. The molecule has 3 amide bonds. The Bertz CT molecular complexity index is 1220. The Morgan fingerprint density at radius 3 is 2.38 bits per heavy atom. The van der Waals surface area contributed by atoms with Gasteiger partial charge in [0.25, 0.3) is 17.7 Å². The van der Waals surface area contributed by atoms with Gasteiger partial charge in [0.05, 0.1) is 29.5 Å². The molecule has 0 saturated heterocycles. The minimum Gasteiger partial charge on any atom is -0.494 e. The molecule has 1 aromatic heterocycles. The van der Waals surface area contributed by atoms with Crippen LogP contribution in [0.1, 0.15) is 57.4 Å². The van der Waals surface area contributed by atoms with Crippen molar-refractivity contribution in [3.05, 3.63) is 83.0 Å². The monoisotopic (exact) mass is 459 g/mol. The smallest absolute Gasteiger partial charge is 0.266 e. The summed E-state index contributed by atoms with van der Waals surface area (Å²) in [5, 5.41) is 2.81. The molecule has 0 radical (unpaired) electrons. The number of ether oxygens (including phenoxy) is 2. The van der Waals surface area contributed by atoms with Gasteiger partial charge in [0, 0.05) is 24.4 Å². The van der Waals surface area contributed by atoms with E-state index in [4.69, 9.17) is 9.47 Å². The molecule has 0 aliphatic carbocycles. The van der Waals surface area contributed by atoms with Crippen LogP contribution in [0.2, 0.25) is 0 Å². The Kier molecular flexibility index (Phi) is 6.58. The van der Waals surface area contributed by atoms with Crippen LogP contribution in [0.25, 0.3) is 0 Å². The number of nitrogens with one attached hydrogen (secondary N) is 1. The van der Waals surface area contributed by atoms with Gasteiger partial charge in [0.15, 0.2) is 0 Å². The lowest BCUT2D eigenvalue weighted by Crippen LogP contribution is -2.29. The Labute approximate surface area is 197 Å². The number of aromatic nitrogens is 1. The molecule has 0 saturated carbocycles. The summed E-state index contributed by atoms with van der Waals surface area (Å²) in [5.41, 5.74) is 2.00. The maximum atomic E-state index is 13.0. The molecule has 4 rings (SSSR count). The van der Waals surface area contributed by atoms with Gasteiger partial charge < -0.3 is 14.8 Å². The summed E-state index contributed by atoms with van der Waals surface area (Å²) in [6, 6.07) is 14.8. The van der Waals surface area contributed by atoms with Crippen molar-refractivity contribution in [2.45, 2.75) is 33.4 Å². The summed E-state index contributed by atoms with van der Waals surface area (Å²) in [4.78, 5) is 43.9. The van der Waals surface area contributed by atoms with E-state index >= 15 is 0 Å². The van der Waals surface area contributed by atoms with Crippen molar-refractivity contribution in [3.8, 4) is 11.6 Å². The summed E-state index contributed by atoms with van der Waals surface area (Å²) >= 11 is 0. The SMILES string of the molecule is CCOc1ccc(N2C(=O)c3ccc(C(=O)NCc4ccc(OC(C)C)nc4)cc3C2=O)cc1. The van der Waals surface area contributed by atoms with E-state index in [9.17, 15) is 14.4 Å². The molecule has 1 N–H and O–H groups in total. The van der Waals surface area contributed by atoms with Crippen molar-refractivity contribution < 1.29 is 23.9 Å². The zero-order valence-corrected chi connectivity index (χ0v) is 19.2. The second-order valence-corrected chi connectivity index (χ2v) is 7.99. The number of carbonyl (C=O) groups is 3. The number of imide groups is 1. The van der Waals surface area contributed by atoms with E-state index in [0.29, 0.717) is 29.5 Å². The molecule has 174 valence electrons. The molecule has 2 aromatic carbocycles. The average Bonchev–Trinajstić information content (AvgIpc) is 3.08. The Morgan fingerprint density at radius 2 is 1.74 bits per heavy atom. The summed E-state index contributed by atoms with van der Waals surface area (Å²) in [5.74, 6) is -0.0808. The Hall–Kier alpha value is -4.20. The molecule has 0 spiro atoms. The number of fused-ring (bicyclic) bond motifs is 1. The Morgan fingerprint density at radius 1 is 1.00 bits per heavy atom. The molecular formula is C26H25N3O5. The highest BCUT2D eigenvalue weighted by Gasteiger charge is 2.37. The minimum atomic E-state index is -0.469. The molecule has 0 unspecified atom stereocenters. The average molecular weight is 460 g/mol. The van der Waals surface area contributed by atoms with Gasteiger partial charge in [0.2, 0.25) is 5.88 Å². The van der Waals surface area contributed by atoms with Gasteiger partial charge in [-0.15, -0.1) is 0 Å². The predicted molar refractivity (Wildman–Crippen MR) is 126 cm³/mol. The molecule has 8 heteroatoms. The van der Waals surface area contributed by atoms with Crippen LogP contribution < -0.4 is 19.7 Å². The lowest BCUT2D eigenvalue weighted by molar-refractivity contribution is 0.0923. The van der Waals surface area contributed by atoms with Crippen LogP contribution in [0.15, 0.2) is 60.8 Å². The highest BCUT2D eigenvalue weighted by Crippen LogP contribution is 2.30. The Balaban J connectivity index is 1.45. The second kappa shape index (κ2) is 9.74. The van der Waals surface area contributed by atoms with E-state index in [0.717, 1.165) is 10.5 Å². The van der Waals surface area contributed by atoms with Crippen molar-refractivity contribution in [2.24, 2.45) is 0 Å². The first-order valence-electron chi connectivity index (χ1n) is 11.0. The van der Waals surface area contributed by atoms with Crippen LogP contribution in [0, 0.1) is 0 Å². The number of benzene rings is 2. The fraction of sp³-hybridized carbons (Fsp3) is 0.231. The summed E-state index contributed by atoms with van der Waals surface area (Å²) in [7, 11) is 0. The lowest BCUT2D eigenvalue weighted by Gasteiger charge is -2.14. The first-order chi connectivity index (χ1) is 16.4. The van der Waals surface area contributed by atoms with Gasteiger partial charge in [-0.05, 0) is 68.8 Å². The molecule has 0 fully saturated rings. The van der Waals surface area contributed by atoms with E-state index in [1.165, 1.54) is 12.1 Å². The third-order valence-corrected chi connectivity index (χ3v) is 5.16. The summed E-state index contributed by atoms with van der Waals surface area (Å²) in [6.45, 7) is 6.49. The van der Waals surface area contributed by atoms with Crippen molar-refractivity contribution in [2.75, 3.05) is 11.5 Å². The van der Waals surface area contributed by atoms with E-state index in [1.807, 2.05) is 26.8 Å². The van der Waals surface area contributed by atoms with Crippen molar-refractivity contribution in [1.82, 2.24) is 10.3 Å². The van der Waals surface area contributed by atoms with Crippen molar-refractivity contribution in [1.29, 1.82) is 0 Å². The van der Waals surface area contributed by atoms with Crippen LogP contribution >= 0.6 is 0 Å². The molecule has 1 aliphatic heterocycles. The van der Waals surface area contributed by atoms with Crippen LogP contribution in [0.3, 0.4) is 0 Å². The van der Waals surface area contributed by atoms with Gasteiger partial charge in [-0.25, -0.2) is 9.88 Å². The number of amides is 3. The minimum absolute atomic E-state index is 0.0258. The van der Waals surface area contributed by atoms with E-state index in [-0.39, 0.29) is 29.7 Å². The fourth-order valence-corrected chi connectivity index (χ4v) is 3.59. The van der Waals surface area contributed by atoms with Crippen molar-refractivity contribution in [3.63, 3.8) is 0 Å². The van der Waals surface area contributed by atoms with Gasteiger partial charge in [0.1, 0.15) is 5.75 Å². The van der Waals surface area contributed by atoms with Gasteiger partial charge in [-0.1, -0.05) is 6.07 Å².